The maximum Gasteiger partial charge on any atom is 0.119 e. The second-order valence-electron chi connectivity index (χ2n) is 5.86. The molecule has 1 atom stereocenters. The van der Waals surface area contributed by atoms with Crippen molar-refractivity contribution in [2.45, 2.75) is 31.8 Å². The molecule has 104 valence electrons. The maximum absolute atomic E-state index is 5.25. The fourth-order valence-corrected chi connectivity index (χ4v) is 3.00. The van der Waals surface area contributed by atoms with Crippen molar-refractivity contribution >= 4 is 0 Å². The SMILES string of the molecule is COc1cccc(CNCC2CCN(C3CC3)C2)c1. The minimum atomic E-state index is 0.839. The van der Waals surface area contributed by atoms with Gasteiger partial charge in [-0.1, -0.05) is 12.1 Å². The quantitative estimate of drug-likeness (QED) is 0.849. The fraction of sp³-hybridized carbons (Fsp3) is 0.625. The van der Waals surface area contributed by atoms with Crippen LogP contribution in [0.3, 0.4) is 0 Å². The average Bonchev–Trinajstić information content (AvgIpc) is 3.19. The number of nitrogens with one attached hydrogen (secondary N) is 1. The lowest BCUT2D eigenvalue weighted by Gasteiger charge is -2.15. The molecule has 1 unspecified atom stereocenters. The largest absolute Gasteiger partial charge is 0.497 e. The Labute approximate surface area is 115 Å². The lowest BCUT2D eigenvalue weighted by atomic mass is 10.1. The van der Waals surface area contributed by atoms with Gasteiger partial charge in [-0.05, 0) is 56.0 Å². The van der Waals surface area contributed by atoms with E-state index < -0.39 is 0 Å². The molecule has 1 heterocycles. The molecule has 0 spiro atoms. The van der Waals surface area contributed by atoms with Gasteiger partial charge >= 0.3 is 0 Å². The molecule has 1 aromatic carbocycles. The number of ether oxygens (including phenoxy) is 1. The number of hydrogen-bond acceptors (Lipinski definition) is 3. The highest BCUT2D eigenvalue weighted by atomic mass is 16.5. The Morgan fingerprint density at radius 2 is 2.21 bits per heavy atom. The van der Waals surface area contributed by atoms with Crippen LogP contribution in [0, 0.1) is 5.92 Å². The van der Waals surface area contributed by atoms with Crippen LogP contribution in [0.5, 0.6) is 5.75 Å². The van der Waals surface area contributed by atoms with Crippen molar-refractivity contribution in [3.05, 3.63) is 29.8 Å². The summed E-state index contributed by atoms with van der Waals surface area (Å²) in [6.45, 7) is 4.70. The lowest BCUT2D eigenvalue weighted by Crippen LogP contribution is -2.27. The van der Waals surface area contributed by atoms with Crippen LogP contribution < -0.4 is 10.1 Å². The Bertz CT molecular complexity index is 417. The van der Waals surface area contributed by atoms with Gasteiger partial charge in [0.25, 0.3) is 0 Å². The van der Waals surface area contributed by atoms with E-state index >= 15 is 0 Å². The summed E-state index contributed by atoms with van der Waals surface area (Å²) in [5.74, 6) is 1.78. The van der Waals surface area contributed by atoms with Gasteiger partial charge in [-0.15, -0.1) is 0 Å². The normalized spacial score (nSPS) is 23.7. The topological polar surface area (TPSA) is 24.5 Å². The second kappa shape index (κ2) is 5.93. The van der Waals surface area contributed by atoms with Crippen molar-refractivity contribution in [2.75, 3.05) is 26.7 Å². The minimum absolute atomic E-state index is 0.839. The molecule has 2 aliphatic rings. The monoisotopic (exact) mass is 260 g/mol. The van der Waals surface area contributed by atoms with Crippen LogP contribution >= 0.6 is 0 Å². The zero-order chi connectivity index (χ0) is 13.1. The molecular formula is C16H24N2O. The number of likely N-dealkylation sites (tertiary alicyclic amines) is 1. The predicted octanol–water partition coefficient (Wildman–Crippen LogP) is 2.27. The van der Waals surface area contributed by atoms with Gasteiger partial charge in [-0.3, -0.25) is 0 Å². The summed E-state index contributed by atoms with van der Waals surface area (Å²) in [6, 6.07) is 9.25. The average molecular weight is 260 g/mol. The zero-order valence-electron chi connectivity index (χ0n) is 11.8. The second-order valence-corrected chi connectivity index (χ2v) is 5.86. The molecule has 0 radical (unpaired) electrons. The van der Waals surface area contributed by atoms with Gasteiger partial charge in [0, 0.05) is 19.1 Å². The van der Waals surface area contributed by atoms with Crippen molar-refractivity contribution in [1.29, 1.82) is 0 Å². The summed E-state index contributed by atoms with van der Waals surface area (Å²) in [5, 5.41) is 3.59. The third-order valence-electron chi connectivity index (χ3n) is 4.28. The Morgan fingerprint density at radius 1 is 1.32 bits per heavy atom. The van der Waals surface area contributed by atoms with Crippen LogP contribution in [0.25, 0.3) is 0 Å². The van der Waals surface area contributed by atoms with E-state index in [-0.39, 0.29) is 0 Å². The zero-order valence-corrected chi connectivity index (χ0v) is 11.8. The minimum Gasteiger partial charge on any atom is -0.497 e. The van der Waals surface area contributed by atoms with Crippen molar-refractivity contribution in [3.63, 3.8) is 0 Å². The molecule has 2 fully saturated rings. The standard InChI is InChI=1S/C16H24N2O/c1-19-16-4-2-3-13(9-16)10-17-11-14-7-8-18(12-14)15-5-6-15/h2-4,9,14-15,17H,5-8,10-12H2,1H3. The smallest absolute Gasteiger partial charge is 0.119 e. The molecule has 0 bridgehead atoms. The molecule has 1 saturated carbocycles. The van der Waals surface area contributed by atoms with E-state index in [2.05, 4.69) is 28.4 Å². The number of nitrogens with zero attached hydrogens (tertiary/aromatic N) is 1. The summed E-state index contributed by atoms with van der Waals surface area (Å²) in [4.78, 5) is 2.68. The van der Waals surface area contributed by atoms with Gasteiger partial charge in [0.05, 0.1) is 7.11 Å². The van der Waals surface area contributed by atoms with Crippen LogP contribution in [0.15, 0.2) is 24.3 Å². The molecule has 1 N–H and O–H groups in total. The van der Waals surface area contributed by atoms with Crippen molar-refractivity contribution < 1.29 is 4.74 Å². The first-order valence-corrected chi connectivity index (χ1v) is 7.43. The predicted molar refractivity (Wildman–Crippen MR) is 77.4 cm³/mol. The molecule has 3 rings (SSSR count). The first-order valence-electron chi connectivity index (χ1n) is 7.43. The third-order valence-corrected chi connectivity index (χ3v) is 4.28. The van der Waals surface area contributed by atoms with Crippen LogP contribution in [0.4, 0.5) is 0 Å². The van der Waals surface area contributed by atoms with Crippen LogP contribution in [0.1, 0.15) is 24.8 Å². The Hall–Kier alpha value is -1.06. The molecule has 19 heavy (non-hydrogen) atoms. The summed E-state index contributed by atoms with van der Waals surface area (Å²) >= 11 is 0. The molecule has 0 amide bonds. The summed E-state index contributed by atoms with van der Waals surface area (Å²) in [7, 11) is 1.72. The molecule has 1 aliphatic carbocycles. The van der Waals surface area contributed by atoms with E-state index in [0.29, 0.717) is 0 Å². The van der Waals surface area contributed by atoms with Crippen molar-refractivity contribution in [1.82, 2.24) is 10.2 Å². The molecular weight excluding hydrogens is 236 g/mol. The van der Waals surface area contributed by atoms with E-state index in [1.165, 1.54) is 37.9 Å². The first kappa shape index (κ1) is 12.9. The van der Waals surface area contributed by atoms with E-state index in [0.717, 1.165) is 30.8 Å². The lowest BCUT2D eigenvalue weighted by molar-refractivity contribution is 0.312. The van der Waals surface area contributed by atoms with Gasteiger partial charge in [0.1, 0.15) is 5.75 Å². The highest BCUT2D eigenvalue weighted by Gasteiger charge is 2.33. The highest BCUT2D eigenvalue weighted by molar-refractivity contribution is 5.28. The molecule has 1 aliphatic heterocycles. The fourth-order valence-electron chi connectivity index (χ4n) is 3.00. The Balaban J connectivity index is 1.40. The summed E-state index contributed by atoms with van der Waals surface area (Å²) in [5.41, 5.74) is 1.30. The van der Waals surface area contributed by atoms with Gasteiger partial charge in [-0.2, -0.15) is 0 Å². The van der Waals surface area contributed by atoms with Crippen LogP contribution in [-0.4, -0.2) is 37.7 Å². The Morgan fingerprint density at radius 3 is 3.00 bits per heavy atom. The number of benzene rings is 1. The van der Waals surface area contributed by atoms with Gasteiger partial charge < -0.3 is 15.0 Å². The highest BCUT2D eigenvalue weighted by Crippen LogP contribution is 2.31. The molecule has 1 aromatic rings. The van der Waals surface area contributed by atoms with Gasteiger partial charge in [-0.25, -0.2) is 0 Å². The number of hydrogen-bond donors (Lipinski definition) is 1. The van der Waals surface area contributed by atoms with Crippen molar-refractivity contribution in [3.8, 4) is 5.75 Å². The summed E-state index contributed by atoms with van der Waals surface area (Å²) < 4.78 is 5.25. The van der Waals surface area contributed by atoms with Gasteiger partial charge in [0.2, 0.25) is 0 Å². The van der Waals surface area contributed by atoms with Crippen LogP contribution in [0.2, 0.25) is 0 Å². The maximum atomic E-state index is 5.25. The Kier molecular flexibility index (Phi) is 4.04. The summed E-state index contributed by atoms with van der Waals surface area (Å²) in [6.07, 6.45) is 4.23. The molecule has 1 saturated heterocycles. The van der Waals surface area contributed by atoms with E-state index in [1.54, 1.807) is 7.11 Å². The van der Waals surface area contributed by atoms with Crippen molar-refractivity contribution in [2.24, 2.45) is 5.92 Å². The van der Waals surface area contributed by atoms with Crippen LogP contribution in [-0.2, 0) is 6.54 Å². The molecule has 0 aromatic heterocycles. The molecule has 3 nitrogen and oxygen atoms in total. The van der Waals surface area contributed by atoms with E-state index in [1.807, 2.05) is 6.07 Å². The van der Waals surface area contributed by atoms with E-state index in [4.69, 9.17) is 4.74 Å². The molecule has 3 heteroatoms. The first-order chi connectivity index (χ1) is 9.35. The third kappa shape index (κ3) is 3.48. The number of rotatable bonds is 6. The van der Waals surface area contributed by atoms with E-state index in [9.17, 15) is 0 Å². The number of methoxy groups -OCH3 is 1. The van der Waals surface area contributed by atoms with Gasteiger partial charge in [0.15, 0.2) is 0 Å².